The average molecular weight is 260 g/mol. The van der Waals surface area contributed by atoms with E-state index in [4.69, 9.17) is 5.11 Å². The summed E-state index contributed by atoms with van der Waals surface area (Å²) in [6, 6.07) is 9.77. The van der Waals surface area contributed by atoms with Crippen LogP contribution >= 0.6 is 0 Å². The number of amides is 1. The number of halogens is 1. The number of benzene rings is 1. The van der Waals surface area contributed by atoms with Gasteiger partial charge >= 0.3 is 0 Å². The van der Waals surface area contributed by atoms with Crippen LogP contribution < -0.4 is 5.32 Å². The van der Waals surface area contributed by atoms with Crippen LogP contribution in [0.2, 0.25) is 0 Å². The fraction of sp³-hybridized carbons (Fsp3) is 0.143. The Bertz CT molecular complexity index is 553. The molecule has 1 heterocycles. The predicted octanol–water partition coefficient (Wildman–Crippen LogP) is 1.64. The summed E-state index contributed by atoms with van der Waals surface area (Å²) in [5.41, 5.74) is 2.05. The summed E-state index contributed by atoms with van der Waals surface area (Å²) < 4.78 is 12.6. The number of nitrogens with one attached hydrogen (secondary N) is 1. The van der Waals surface area contributed by atoms with Crippen molar-refractivity contribution >= 4 is 5.91 Å². The van der Waals surface area contributed by atoms with Crippen molar-refractivity contribution in [2.24, 2.45) is 0 Å². The van der Waals surface area contributed by atoms with Crippen LogP contribution in [0.5, 0.6) is 0 Å². The summed E-state index contributed by atoms with van der Waals surface area (Å²) in [6.07, 6.45) is 1.19. The van der Waals surface area contributed by atoms with Gasteiger partial charge in [-0.15, -0.1) is 0 Å². The van der Waals surface area contributed by atoms with Gasteiger partial charge in [-0.1, -0.05) is 24.3 Å². The minimum absolute atomic E-state index is 0.00606. The first-order valence-corrected chi connectivity index (χ1v) is 5.77. The number of carbonyl (C=O) groups excluding carboxylic acids is 1. The molecule has 0 unspecified atom stereocenters. The van der Waals surface area contributed by atoms with E-state index in [1.165, 1.54) is 12.3 Å². The standard InChI is InChI=1S/C14H13FN2O2/c15-13-6-5-12(8-16-13)14(19)17-7-10-1-3-11(9-18)4-2-10/h1-6,8,18H,7,9H2,(H,17,19). The van der Waals surface area contributed by atoms with Gasteiger partial charge in [-0.25, -0.2) is 4.98 Å². The molecule has 0 saturated carbocycles. The zero-order chi connectivity index (χ0) is 13.7. The van der Waals surface area contributed by atoms with Crippen LogP contribution in [0.15, 0.2) is 42.6 Å². The predicted molar refractivity (Wildman–Crippen MR) is 67.7 cm³/mol. The van der Waals surface area contributed by atoms with Gasteiger partial charge < -0.3 is 10.4 Å². The first kappa shape index (κ1) is 13.2. The summed E-state index contributed by atoms with van der Waals surface area (Å²) in [5.74, 6) is -0.921. The van der Waals surface area contributed by atoms with Crippen LogP contribution in [-0.2, 0) is 13.2 Å². The van der Waals surface area contributed by atoms with Crippen LogP contribution in [0, 0.1) is 5.95 Å². The maximum atomic E-state index is 12.6. The number of hydrogen-bond acceptors (Lipinski definition) is 3. The van der Waals surface area contributed by atoms with Crippen molar-refractivity contribution in [1.29, 1.82) is 0 Å². The molecular formula is C14H13FN2O2. The Morgan fingerprint density at radius 1 is 1.16 bits per heavy atom. The number of aliphatic hydroxyl groups excluding tert-OH is 1. The molecule has 1 aromatic carbocycles. The van der Waals surface area contributed by atoms with E-state index in [-0.39, 0.29) is 12.5 Å². The molecule has 0 spiro atoms. The van der Waals surface area contributed by atoms with Gasteiger partial charge in [-0.2, -0.15) is 4.39 Å². The first-order chi connectivity index (χ1) is 9.19. The summed E-state index contributed by atoms with van der Waals surface area (Å²) >= 11 is 0. The molecule has 0 aliphatic rings. The third-order valence-electron chi connectivity index (χ3n) is 2.65. The van der Waals surface area contributed by atoms with Crippen LogP contribution in [-0.4, -0.2) is 16.0 Å². The van der Waals surface area contributed by atoms with Crippen molar-refractivity contribution in [1.82, 2.24) is 10.3 Å². The molecule has 19 heavy (non-hydrogen) atoms. The van der Waals surface area contributed by atoms with Gasteiger partial charge in [0.2, 0.25) is 5.95 Å². The lowest BCUT2D eigenvalue weighted by Gasteiger charge is -2.05. The van der Waals surface area contributed by atoms with E-state index in [0.717, 1.165) is 17.2 Å². The third kappa shape index (κ3) is 3.59. The van der Waals surface area contributed by atoms with Gasteiger partial charge in [-0.3, -0.25) is 4.79 Å². The molecule has 1 aromatic heterocycles. The Labute approximate surface area is 109 Å². The van der Waals surface area contributed by atoms with E-state index in [0.29, 0.717) is 12.1 Å². The molecule has 4 nitrogen and oxygen atoms in total. The highest BCUT2D eigenvalue weighted by molar-refractivity contribution is 5.93. The minimum Gasteiger partial charge on any atom is -0.392 e. The topological polar surface area (TPSA) is 62.2 Å². The van der Waals surface area contributed by atoms with Crippen molar-refractivity contribution < 1.29 is 14.3 Å². The molecule has 0 bridgehead atoms. The summed E-state index contributed by atoms with van der Waals surface area (Å²) in [5, 5.41) is 11.6. The molecular weight excluding hydrogens is 247 g/mol. The van der Waals surface area contributed by atoms with Gasteiger partial charge in [0, 0.05) is 12.7 Å². The summed E-state index contributed by atoms with van der Waals surface area (Å²) in [4.78, 5) is 15.2. The lowest BCUT2D eigenvalue weighted by molar-refractivity contribution is 0.0950. The quantitative estimate of drug-likeness (QED) is 0.821. The van der Waals surface area contributed by atoms with Crippen molar-refractivity contribution in [3.8, 4) is 0 Å². The number of nitrogens with zero attached hydrogens (tertiary/aromatic N) is 1. The van der Waals surface area contributed by atoms with E-state index in [1.807, 2.05) is 12.1 Å². The average Bonchev–Trinajstić information content (AvgIpc) is 2.46. The van der Waals surface area contributed by atoms with Gasteiger partial charge in [0.25, 0.3) is 5.91 Å². The van der Waals surface area contributed by atoms with Gasteiger partial charge in [0.1, 0.15) is 0 Å². The molecule has 2 N–H and O–H groups in total. The van der Waals surface area contributed by atoms with Crippen molar-refractivity contribution in [2.45, 2.75) is 13.2 Å². The normalized spacial score (nSPS) is 10.2. The summed E-state index contributed by atoms with van der Waals surface area (Å²) in [7, 11) is 0. The second-order valence-corrected chi connectivity index (χ2v) is 4.03. The number of aliphatic hydroxyl groups is 1. The van der Waals surface area contributed by atoms with Crippen LogP contribution in [0.4, 0.5) is 4.39 Å². The van der Waals surface area contributed by atoms with E-state index < -0.39 is 5.95 Å². The van der Waals surface area contributed by atoms with E-state index in [1.54, 1.807) is 12.1 Å². The zero-order valence-electron chi connectivity index (χ0n) is 10.1. The number of aromatic nitrogens is 1. The van der Waals surface area contributed by atoms with E-state index in [9.17, 15) is 9.18 Å². The molecule has 0 atom stereocenters. The van der Waals surface area contributed by atoms with Crippen molar-refractivity contribution in [2.75, 3.05) is 0 Å². The molecule has 0 aliphatic carbocycles. The minimum atomic E-state index is -0.615. The van der Waals surface area contributed by atoms with Gasteiger partial charge in [-0.05, 0) is 23.3 Å². The largest absolute Gasteiger partial charge is 0.392 e. The lowest BCUT2D eigenvalue weighted by atomic mass is 10.1. The number of pyridine rings is 1. The fourth-order valence-corrected chi connectivity index (χ4v) is 1.56. The maximum absolute atomic E-state index is 12.6. The Balaban J connectivity index is 1.94. The number of rotatable bonds is 4. The molecule has 1 amide bonds. The zero-order valence-corrected chi connectivity index (χ0v) is 10.1. The summed E-state index contributed by atoms with van der Waals surface area (Å²) in [6.45, 7) is 0.357. The molecule has 2 rings (SSSR count). The molecule has 0 aliphatic heterocycles. The molecule has 5 heteroatoms. The molecule has 2 aromatic rings. The number of carbonyl (C=O) groups is 1. The second kappa shape index (κ2) is 6.06. The van der Waals surface area contributed by atoms with Gasteiger partial charge in [0.05, 0.1) is 12.2 Å². The third-order valence-corrected chi connectivity index (χ3v) is 2.65. The maximum Gasteiger partial charge on any atom is 0.253 e. The SMILES string of the molecule is O=C(NCc1ccc(CO)cc1)c1ccc(F)nc1. The van der Waals surface area contributed by atoms with Crippen molar-refractivity contribution in [3.05, 3.63) is 65.2 Å². The van der Waals surface area contributed by atoms with Crippen molar-refractivity contribution in [3.63, 3.8) is 0 Å². The Morgan fingerprint density at radius 3 is 2.42 bits per heavy atom. The van der Waals surface area contributed by atoms with Crippen LogP contribution in [0.25, 0.3) is 0 Å². The fourth-order valence-electron chi connectivity index (χ4n) is 1.56. The van der Waals surface area contributed by atoms with E-state index in [2.05, 4.69) is 10.3 Å². The highest BCUT2D eigenvalue weighted by Crippen LogP contribution is 2.05. The Kier molecular flexibility index (Phi) is 4.20. The monoisotopic (exact) mass is 260 g/mol. The van der Waals surface area contributed by atoms with Gasteiger partial charge in [0.15, 0.2) is 0 Å². The van der Waals surface area contributed by atoms with E-state index >= 15 is 0 Å². The molecule has 0 radical (unpaired) electrons. The highest BCUT2D eigenvalue weighted by Gasteiger charge is 2.05. The highest BCUT2D eigenvalue weighted by atomic mass is 19.1. The molecule has 0 fully saturated rings. The Hall–Kier alpha value is -2.27. The second-order valence-electron chi connectivity index (χ2n) is 4.03. The Morgan fingerprint density at radius 2 is 1.84 bits per heavy atom. The first-order valence-electron chi connectivity index (χ1n) is 5.77. The smallest absolute Gasteiger partial charge is 0.253 e. The molecule has 98 valence electrons. The van der Waals surface area contributed by atoms with Crippen LogP contribution in [0.1, 0.15) is 21.5 Å². The number of hydrogen-bond donors (Lipinski definition) is 2. The molecule has 0 saturated heterocycles. The van der Waals surface area contributed by atoms with Crippen LogP contribution in [0.3, 0.4) is 0 Å². The lowest BCUT2D eigenvalue weighted by Crippen LogP contribution is -2.22.